The zero-order valence-electron chi connectivity index (χ0n) is 44.3. The molecule has 4 aromatic rings. The number of benzene rings is 4. The van der Waals surface area contributed by atoms with Crippen molar-refractivity contribution >= 4 is 66.6 Å². The van der Waals surface area contributed by atoms with Crippen LogP contribution in [0.15, 0.2) is 95.8 Å². The third-order valence-electron chi connectivity index (χ3n) is 17.0. The van der Waals surface area contributed by atoms with Gasteiger partial charge in [0.2, 0.25) is 20.0 Å². The number of aromatic carboxylic acids is 2. The first kappa shape index (κ1) is 59.4. The Morgan fingerprint density at radius 3 is 1.41 bits per heavy atom. The van der Waals surface area contributed by atoms with Crippen LogP contribution >= 0.6 is 23.2 Å². The number of hydrogen-bond donors (Lipinski definition) is 6. The summed E-state index contributed by atoms with van der Waals surface area (Å²) in [5, 5.41) is 54.2. The quantitative estimate of drug-likeness (QED) is 0.0528. The Balaban J connectivity index is 0.000000194. The van der Waals surface area contributed by atoms with Gasteiger partial charge in [-0.25, -0.2) is 36.7 Å². The standard InChI is InChI=1S/2C29H35ClN2O7S/c2*30-22-6-8-24-19(13-22)3-1-10-29(24)17-32(25-14-20(28(34)35)5-9-27(25)39-18-29)15-21-4-7-23(21)26(33)16-38-11-2-12-40(31,36)37/h2*2,5-6,8-9,12-14,21,23,26,33H,1,3-4,7,10-11,15-18H2,(H,34,35)(H2,31,36,37)/b2*12-2+/t21-,23+,26+,29-;21-,23+,26-,29-/m00/s1. The minimum atomic E-state index is -3.71. The number of aryl methyl sites for hydroxylation is 2. The topological polar surface area (TPSA) is 279 Å². The number of primary sulfonamides is 2. The third kappa shape index (κ3) is 14.1. The number of sulfonamides is 2. The van der Waals surface area contributed by atoms with Crippen LogP contribution in [0.1, 0.15) is 94.3 Å². The molecular formula is C58H70Cl2N4O14S2. The minimum Gasteiger partial charge on any atom is -0.490 e. The fourth-order valence-electron chi connectivity index (χ4n) is 12.8. The Morgan fingerprint density at radius 2 is 1.05 bits per heavy atom. The molecule has 10 rings (SSSR count). The zero-order chi connectivity index (χ0) is 57.0. The summed E-state index contributed by atoms with van der Waals surface area (Å²) in [5.41, 5.74) is 6.25. The summed E-state index contributed by atoms with van der Waals surface area (Å²) in [5.74, 6) is -0.327. The Bertz CT molecular complexity index is 3010. The lowest BCUT2D eigenvalue weighted by Crippen LogP contribution is -2.50. The fourth-order valence-corrected chi connectivity index (χ4v) is 13.9. The van der Waals surface area contributed by atoms with Crippen LogP contribution in [0.5, 0.6) is 11.5 Å². The number of nitrogens with two attached hydrogens (primary N) is 2. The van der Waals surface area contributed by atoms with Crippen molar-refractivity contribution in [3.63, 3.8) is 0 Å². The van der Waals surface area contributed by atoms with Gasteiger partial charge in [0.15, 0.2) is 0 Å². The second kappa shape index (κ2) is 25.1. The number of nitrogens with zero attached hydrogens (tertiary/aromatic N) is 2. The lowest BCUT2D eigenvalue weighted by atomic mass is 9.68. The third-order valence-corrected chi connectivity index (χ3v) is 18.6. The maximum Gasteiger partial charge on any atom is 0.335 e. The van der Waals surface area contributed by atoms with Crippen LogP contribution in [0.2, 0.25) is 10.0 Å². The van der Waals surface area contributed by atoms with Gasteiger partial charge < -0.3 is 49.2 Å². The van der Waals surface area contributed by atoms with Crippen molar-refractivity contribution in [2.45, 2.75) is 87.2 Å². The maximum atomic E-state index is 11.8. The molecule has 8 atom stereocenters. The van der Waals surface area contributed by atoms with Gasteiger partial charge in [0, 0.05) is 57.9 Å². The van der Waals surface area contributed by atoms with Gasteiger partial charge in [-0.2, -0.15) is 0 Å². The molecule has 2 aliphatic heterocycles. The van der Waals surface area contributed by atoms with Crippen LogP contribution in [-0.4, -0.2) is 127 Å². The Labute approximate surface area is 477 Å². The summed E-state index contributed by atoms with van der Waals surface area (Å²) in [6, 6.07) is 22.2. The first-order valence-electron chi connectivity index (χ1n) is 27.1. The summed E-state index contributed by atoms with van der Waals surface area (Å²) in [7, 11) is -7.42. The van der Waals surface area contributed by atoms with Gasteiger partial charge in [-0.05, 0) is 183 Å². The molecule has 22 heteroatoms. The van der Waals surface area contributed by atoms with Gasteiger partial charge in [0.25, 0.3) is 0 Å². The zero-order valence-corrected chi connectivity index (χ0v) is 47.5. The second-order valence-corrected chi connectivity index (χ2v) is 26.1. The average Bonchev–Trinajstić information content (AvgIpc) is 3.70. The monoisotopic (exact) mass is 1180 g/mol. The molecular weight excluding hydrogens is 1110 g/mol. The van der Waals surface area contributed by atoms with E-state index >= 15 is 0 Å². The second-order valence-electron chi connectivity index (χ2n) is 22.3. The van der Waals surface area contributed by atoms with Crippen molar-refractivity contribution in [3.05, 3.63) is 139 Å². The number of anilines is 2. The van der Waals surface area contributed by atoms with E-state index in [0.29, 0.717) is 60.9 Å². The molecule has 432 valence electrons. The van der Waals surface area contributed by atoms with E-state index < -0.39 is 44.2 Å². The molecule has 80 heavy (non-hydrogen) atoms. The Hall–Kier alpha value is -5.26. The maximum absolute atomic E-state index is 11.8. The van der Waals surface area contributed by atoms with Crippen molar-refractivity contribution in [1.29, 1.82) is 0 Å². The number of ether oxygens (including phenoxy) is 4. The summed E-state index contributed by atoms with van der Waals surface area (Å²) < 4.78 is 67.9. The average molecular weight is 1180 g/mol. The molecule has 4 aromatic carbocycles. The number of aliphatic hydroxyl groups is 2. The van der Waals surface area contributed by atoms with E-state index in [-0.39, 0.29) is 72.1 Å². The number of aliphatic hydroxyl groups excluding tert-OH is 2. The van der Waals surface area contributed by atoms with Crippen molar-refractivity contribution in [2.75, 3.05) is 75.6 Å². The molecule has 2 spiro atoms. The number of rotatable bonds is 18. The SMILES string of the molecule is NS(=O)(=O)/C=C/COC[C@@H](O)[C@@H]1CC[C@H]1CN1C[C@@]2(CCCc3cc(Cl)ccc32)COc2ccc(C(=O)O)cc21.NS(=O)(=O)/C=C/COC[C@H](O)[C@@H]1CC[C@H]1CN1C[C@@]2(CCCc3cc(Cl)ccc32)COc2ccc(C(=O)O)cc21. The highest BCUT2D eigenvalue weighted by Gasteiger charge is 2.46. The van der Waals surface area contributed by atoms with Gasteiger partial charge in [-0.15, -0.1) is 0 Å². The molecule has 4 aliphatic carbocycles. The van der Waals surface area contributed by atoms with E-state index in [1.54, 1.807) is 36.4 Å². The van der Waals surface area contributed by atoms with Crippen LogP contribution < -0.4 is 29.6 Å². The summed E-state index contributed by atoms with van der Waals surface area (Å²) in [6.45, 7) is 3.78. The van der Waals surface area contributed by atoms with Gasteiger partial charge in [0.1, 0.15) is 11.5 Å². The Morgan fingerprint density at radius 1 is 0.637 bits per heavy atom. The fraction of sp³-hybridized carbons (Fsp3) is 0.483. The minimum absolute atomic E-state index is 0.00546. The molecule has 0 unspecified atom stereocenters. The smallest absolute Gasteiger partial charge is 0.335 e. The molecule has 0 radical (unpaired) electrons. The van der Waals surface area contributed by atoms with E-state index in [0.717, 1.165) is 86.4 Å². The van der Waals surface area contributed by atoms with E-state index in [9.17, 15) is 46.9 Å². The predicted molar refractivity (Wildman–Crippen MR) is 305 cm³/mol. The first-order chi connectivity index (χ1) is 38.1. The van der Waals surface area contributed by atoms with E-state index in [4.69, 9.17) is 52.4 Å². The first-order valence-corrected chi connectivity index (χ1v) is 31.0. The number of hydrogen-bond acceptors (Lipinski definition) is 14. The Kier molecular flexibility index (Phi) is 18.6. The lowest BCUT2D eigenvalue weighted by molar-refractivity contribution is -0.0368. The van der Waals surface area contributed by atoms with Crippen molar-refractivity contribution in [2.24, 2.45) is 33.9 Å². The van der Waals surface area contributed by atoms with E-state index in [2.05, 4.69) is 21.9 Å². The van der Waals surface area contributed by atoms with Crippen LogP contribution in [0.3, 0.4) is 0 Å². The summed E-state index contributed by atoms with van der Waals surface area (Å²) >= 11 is 12.7. The van der Waals surface area contributed by atoms with Crippen LogP contribution in [-0.2, 0) is 53.2 Å². The summed E-state index contributed by atoms with van der Waals surface area (Å²) in [6.07, 6.45) is 10.6. The molecule has 0 saturated heterocycles. The van der Waals surface area contributed by atoms with Crippen molar-refractivity contribution in [1.82, 2.24) is 0 Å². The van der Waals surface area contributed by atoms with Crippen molar-refractivity contribution < 1.29 is 65.8 Å². The largest absolute Gasteiger partial charge is 0.490 e. The molecule has 0 aromatic heterocycles. The number of carboxylic acids is 2. The number of carboxylic acid groups (broad SMARTS) is 2. The molecule has 2 saturated carbocycles. The molecule has 18 nitrogen and oxygen atoms in total. The predicted octanol–water partition coefficient (Wildman–Crippen LogP) is 7.43. The van der Waals surface area contributed by atoms with Crippen LogP contribution in [0, 0.1) is 23.7 Å². The molecule has 0 bridgehead atoms. The lowest BCUT2D eigenvalue weighted by Gasteiger charge is -2.45. The molecule has 2 heterocycles. The van der Waals surface area contributed by atoms with E-state index in [1.807, 2.05) is 24.3 Å². The highest BCUT2D eigenvalue weighted by molar-refractivity contribution is 7.92. The van der Waals surface area contributed by atoms with Gasteiger partial charge in [-0.1, -0.05) is 35.3 Å². The van der Waals surface area contributed by atoms with Gasteiger partial charge in [-0.3, -0.25) is 0 Å². The van der Waals surface area contributed by atoms with E-state index in [1.165, 1.54) is 34.4 Å². The number of halogens is 2. The highest BCUT2D eigenvalue weighted by atomic mass is 35.5. The normalized spacial score (nSPS) is 25.0. The summed E-state index contributed by atoms with van der Waals surface area (Å²) in [4.78, 5) is 28.2. The molecule has 8 N–H and O–H groups in total. The highest BCUT2D eigenvalue weighted by Crippen LogP contribution is 2.49. The molecule has 2 fully saturated rings. The van der Waals surface area contributed by atoms with Gasteiger partial charge in [0.05, 0.1) is 74.4 Å². The van der Waals surface area contributed by atoms with Crippen molar-refractivity contribution in [3.8, 4) is 11.5 Å². The molecule has 6 aliphatic rings. The van der Waals surface area contributed by atoms with Crippen LogP contribution in [0.25, 0.3) is 0 Å². The van der Waals surface area contributed by atoms with Gasteiger partial charge >= 0.3 is 11.9 Å². The number of carbonyl (C=O) groups is 2. The molecule has 0 amide bonds. The number of fused-ring (bicyclic) bond motifs is 6. The van der Waals surface area contributed by atoms with Crippen LogP contribution in [0.4, 0.5) is 11.4 Å².